The Labute approximate surface area is 142 Å². The highest BCUT2D eigenvalue weighted by Gasteiger charge is 2.19. The summed E-state index contributed by atoms with van der Waals surface area (Å²) < 4.78 is 5.82. The zero-order valence-electron chi connectivity index (χ0n) is 14.2. The first kappa shape index (κ1) is 16.4. The van der Waals surface area contributed by atoms with E-state index in [4.69, 9.17) is 4.74 Å². The van der Waals surface area contributed by atoms with E-state index in [-0.39, 0.29) is 5.41 Å². The molecule has 1 aromatic heterocycles. The number of ether oxygens (including phenoxy) is 1. The van der Waals surface area contributed by atoms with Crippen LogP contribution in [0.25, 0.3) is 10.9 Å². The quantitative estimate of drug-likeness (QED) is 0.718. The third-order valence-corrected chi connectivity index (χ3v) is 3.83. The highest BCUT2D eigenvalue weighted by molar-refractivity contribution is 5.77. The van der Waals surface area contributed by atoms with Crippen molar-refractivity contribution in [2.45, 2.75) is 20.4 Å². The van der Waals surface area contributed by atoms with Crippen LogP contribution in [-0.4, -0.2) is 23.1 Å². The van der Waals surface area contributed by atoms with Crippen molar-refractivity contribution in [3.8, 4) is 6.01 Å². The van der Waals surface area contributed by atoms with Gasteiger partial charge in [-0.05, 0) is 11.6 Å². The molecule has 0 spiro atoms. The van der Waals surface area contributed by atoms with Crippen molar-refractivity contribution in [1.29, 1.82) is 0 Å². The first-order valence-electron chi connectivity index (χ1n) is 8.22. The van der Waals surface area contributed by atoms with Crippen LogP contribution in [0, 0.1) is 5.41 Å². The molecule has 0 bridgehead atoms. The molecular weight excluding hydrogens is 298 g/mol. The molecule has 0 saturated carbocycles. The Morgan fingerprint density at radius 3 is 2.58 bits per heavy atom. The fraction of sp³-hybridized carbons (Fsp3) is 0.300. The van der Waals surface area contributed by atoms with Gasteiger partial charge < -0.3 is 10.1 Å². The topological polar surface area (TPSA) is 47.0 Å². The zero-order chi connectivity index (χ0) is 16.8. The van der Waals surface area contributed by atoms with E-state index >= 15 is 0 Å². The summed E-state index contributed by atoms with van der Waals surface area (Å²) in [6.45, 7) is 6.62. The second kappa shape index (κ2) is 7.41. The maximum Gasteiger partial charge on any atom is 0.316 e. The SMILES string of the molecule is CC(C)(CNCc1ccccc1)COc1ncc2ccccc2n1. The highest BCUT2D eigenvalue weighted by Crippen LogP contribution is 2.18. The molecule has 0 aliphatic heterocycles. The summed E-state index contributed by atoms with van der Waals surface area (Å²) in [5, 5.41) is 4.51. The summed E-state index contributed by atoms with van der Waals surface area (Å²) in [7, 11) is 0. The van der Waals surface area contributed by atoms with Crippen LogP contribution in [-0.2, 0) is 6.54 Å². The molecule has 0 fully saturated rings. The molecule has 0 aliphatic carbocycles. The smallest absolute Gasteiger partial charge is 0.316 e. The molecule has 124 valence electrons. The molecule has 0 aliphatic rings. The molecule has 0 radical (unpaired) electrons. The third-order valence-electron chi connectivity index (χ3n) is 3.83. The van der Waals surface area contributed by atoms with Crippen molar-refractivity contribution >= 4 is 10.9 Å². The average molecular weight is 321 g/mol. The number of nitrogens with one attached hydrogen (secondary N) is 1. The number of aromatic nitrogens is 2. The first-order valence-corrected chi connectivity index (χ1v) is 8.22. The summed E-state index contributed by atoms with van der Waals surface area (Å²) in [5.41, 5.74) is 2.18. The number of fused-ring (bicyclic) bond motifs is 1. The van der Waals surface area contributed by atoms with Gasteiger partial charge in [-0.25, -0.2) is 4.98 Å². The lowest BCUT2D eigenvalue weighted by atomic mass is 9.95. The molecule has 1 N–H and O–H groups in total. The van der Waals surface area contributed by atoms with E-state index in [0.29, 0.717) is 12.6 Å². The van der Waals surface area contributed by atoms with E-state index in [0.717, 1.165) is 24.0 Å². The number of benzene rings is 2. The van der Waals surface area contributed by atoms with Crippen LogP contribution >= 0.6 is 0 Å². The minimum atomic E-state index is -0.0101. The van der Waals surface area contributed by atoms with Gasteiger partial charge in [-0.3, -0.25) is 0 Å². The average Bonchev–Trinajstić information content (AvgIpc) is 2.61. The highest BCUT2D eigenvalue weighted by atomic mass is 16.5. The lowest BCUT2D eigenvalue weighted by molar-refractivity contribution is 0.165. The number of para-hydroxylation sites is 1. The Morgan fingerprint density at radius 2 is 1.75 bits per heavy atom. The Morgan fingerprint density at radius 1 is 1.00 bits per heavy atom. The minimum absolute atomic E-state index is 0.0101. The van der Waals surface area contributed by atoms with E-state index in [1.807, 2.05) is 30.3 Å². The van der Waals surface area contributed by atoms with Crippen molar-refractivity contribution in [1.82, 2.24) is 15.3 Å². The van der Waals surface area contributed by atoms with Crippen molar-refractivity contribution in [2.75, 3.05) is 13.2 Å². The van der Waals surface area contributed by atoms with E-state index in [1.54, 1.807) is 6.20 Å². The largest absolute Gasteiger partial charge is 0.463 e. The second-order valence-corrected chi connectivity index (χ2v) is 6.75. The van der Waals surface area contributed by atoms with E-state index in [9.17, 15) is 0 Å². The first-order chi connectivity index (χ1) is 11.6. The molecule has 3 rings (SSSR count). The molecule has 24 heavy (non-hydrogen) atoms. The van der Waals surface area contributed by atoms with Gasteiger partial charge in [0.2, 0.25) is 0 Å². The van der Waals surface area contributed by atoms with Gasteiger partial charge in [-0.2, -0.15) is 4.98 Å². The van der Waals surface area contributed by atoms with Crippen LogP contribution in [0.5, 0.6) is 6.01 Å². The molecule has 0 amide bonds. The Kier molecular flexibility index (Phi) is 5.06. The van der Waals surface area contributed by atoms with Crippen molar-refractivity contribution in [2.24, 2.45) is 5.41 Å². The Bertz CT molecular complexity index is 787. The minimum Gasteiger partial charge on any atom is -0.463 e. The molecule has 4 heteroatoms. The Hall–Kier alpha value is -2.46. The van der Waals surface area contributed by atoms with Gasteiger partial charge in [0.25, 0.3) is 0 Å². The molecule has 0 atom stereocenters. The number of rotatable bonds is 7. The van der Waals surface area contributed by atoms with Gasteiger partial charge in [-0.1, -0.05) is 62.4 Å². The van der Waals surface area contributed by atoms with Gasteiger partial charge in [-0.15, -0.1) is 0 Å². The fourth-order valence-corrected chi connectivity index (χ4v) is 2.48. The van der Waals surface area contributed by atoms with Gasteiger partial charge in [0.1, 0.15) is 0 Å². The third kappa shape index (κ3) is 4.52. The summed E-state index contributed by atoms with van der Waals surface area (Å²) in [6, 6.07) is 18.7. The monoisotopic (exact) mass is 321 g/mol. The van der Waals surface area contributed by atoms with Crippen LogP contribution in [0.3, 0.4) is 0 Å². The number of nitrogens with zero attached hydrogens (tertiary/aromatic N) is 2. The van der Waals surface area contributed by atoms with Crippen LogP contribution < -0.4 is 10.1 Å². The van der Waals surface area contributed by atoms with Gasteiger partial charge in [0.15, 0.2) is 0 Å². The number of hydrogen-bond donors (Lipinski definition) is 1. The molecule has 3 aromatic rings. The molecule has 2 aromatic carbocycles. The second-order valence-electron chi connectivity index (χ2n) is 6.75. The van der Waals surface area contributed by atoms with Crippen LogP contribution in [0.2, 0.25) is 0 Å². The standard InChI is InChI=1S/C20H23N3O/c1-20(2,14-21-12-16-8-4-3-5-9-16)15-24-19-22-13-17-10-6-7-11-18(17)23-19/h3-11,13,21H,12,14-15H2,1-2H3. The maximum absolute atomic E-state index is 5.82. The summed E-state index contributed by atoms with van der Waals surface area (Å²) in [4.78, 5) is 8.74. The number of hydrogen-bond acceptors (Lipinski definition) is 4. The fourth-order valence-electron chi connectivity index (χ4n) is 2.48. The molecule has 1 heterocycles. The molecular formula is C20H23N3O. The summed E-state index contributed by atoms with van der Waals surface area (Å²) in [5.74, 6) is 0. The van der Waals surface area contributed by atoms with Crippen molar-refractivity contribution < 1.29 is 4.74 Å². The van der Waals surface area contributed by atoms with Crippen LogP contribution in [0.15, 0.2) is 60.8 Å². The van der Waals surface area contributed by atoms with Crippen molar-refractivity contribution in [3.05, 3.63) is 66.4 Å². The van der Waals surface area contributed by atoms with Gasteiger partial charge >= 0.3 is 6.01 Å². The zero-order valence-corrected chi connectivity index (χ0v) is 14.2. The van der Waals surface area contributed by atoms with Crippen LogP contribution in [0.4, 0.5) is 0 Å². The summed E-state index contributed by atoms with van der Waals surface area (Å²) in [6.07, 6.45) is 1.80. The predicted octanol–water partition coefficient (Wildman–Crippen LogP) is 3.82. The lowest BCUT2D eigenvalue weighted by Gasteiger charge is -2.24. The van der Waals surface area contributed by atoms with Crippen molar-refractivity contribution in [3.63, 3.8) is 0 Å². The molecule has 4 nitrogen and oxygen atoms in total. The maximum atomic E-state index is 5.82. The van der Waals surface area contributed by atoms with E-state index in [1.165, 1.54) is 5.56 Å². The molecule has 0 saturated heterocycles. The molecule has 0 unspecified atom stereocenters. The van der Waals surface area contributed by atoms with Crippen LogP contribution in [0.1, 0.15) is 19.4 Å². The van der Waals surface area contributed by atoms with E-state index < -0.39 is 0 Å². The van der Waals surface area contributed by atoms with Gasteiger partial charge in [0.05, 0.1) is 12.1 Å². The lowest BCUT2D eigenvalue weighted by Crippen LogP contribution is -2.34. The van der Waals surface area contributed by atoms with E-state index in [2.05, 4.69) is 53.4 Å². The summed E-state index contributed by atoms with van der Waals surface area (Å²) >= 11 is 0. The normalized spacial score (nSPS) is 11.6. The van der Waals surface area contributed by atoms with Gasteiger partial charge in [0, 0.05) is 30.1 Å². The predicted molar refractivity (Wildman–Crippen MR) is 97.0 cm³/mol. The Balaban J connectivity index is 1.51.